The number of nitrogens with one attached hydrogen (secondary N) is 1. The zero-order chi connectivity index (χ0) is 25.4. The van der Waals surface area contributed by atoms with Crippen molar-refractivity contribution in [1.29, 1.82) is 0 Å². The van der Waals surface area contributed by atoms with Crippen molar-refractivity contribution >= 4 is 50.3 Å². The molecule has 184 valence electrons. The largest absolute Gasteiger partial charge is 0.478 e. The van der Waals surface area contributed by atoms with Crippen LogP contribution in [0, 0.1) is 6.92 Å². The molecule has 3 rings (SSSR count). The van der Waals surface area contributed by atoms with E-state index < -0.39 is 51.5 Å². The van der Waals surface area contributed by atoms with Crippen molar-refractivity contribution in [2.24, 2.45) is 5.16 Å². The fourth-order valence-corrected chi connectivity index (χ4v) is 4.24. The van der Waals surface area contributed by atoms with Crippen LogP contribution in [0.3, 0.4) is 0 Å². The molecule has 2 aromatic heterocycles. The lowest BCUT2D eigenvalue weighted by Crippen LogP contribution is -2.73. The molecule has 1 aliphatic heterocycles. The average Bonchev–Trinajstić information content (AvgIpc) is 3.32. The Hall–Kier alpha value is -3.64. The van der Waals surface area contributed by atoms with Gasteiger partial charge in [-0.15, -0.1) is 11.3 Å². The van der Waals surface area contributed by atoms with E-state index in [1.807, 2.05) is 0 Å². The van der Waals surface area contributed by atoms with E-state index in [9.17, 15) is 32.5 Å². The predicted molar refractivity (Wildman–Crippen MR) is 115 cm³/mol. The fraction of sp³-hybridized carbons (Fsp3) is 0.438. The van der Waals surface area contributed by atoms with Crippen LogP contribution in [-0.4, -0.2) is 83.3 Å². The molecular weight excluding hydrogens is 496 g/mol. The van der Waals surface area contributed by atoms with Crippen molar-refractivity contribution in [3.8, 4) is 0 Å². The van der Waals surface area contributed by atoms with Crippen molar-refractivity contribution in [2.45, 2.75) is 45.0 Å². The molecule has 18 heteroatoms. The second-order valence-electron chi connectivity index (χ2n) is 7.56. The maximum Gasteiger partial charge on any atom is 0.362 e. The third-order valence-electron chi connectivity index (χ3n) is 4.59. The van der Waals surface area contributed by atoms with Crippen molar-refractivity contribution in [1.82, 2.24) is 29.4 Å². The lowest BCUT2D eigenvalue weighted by Gasteiger charge is -2.43. The van der Waals surface area contributed by atoms with Crippen LogP contribution in [0.1, 0.15) is 25.4 Å². The minimum atomic E-state index is -4.93. The lowest BCUT2D eigenvalue weighted by molar-refractivity contribution is -0.161. The maximum absolute atomic E-state index is 13.0. The second kappa shape index (κ2) is 8.95. The minimum absolute atomic E-state index is 0.0666. The van der Waals surface area contributed by atoms with Gasteiger partial charge in [-0.2, -0.15) is 13.5 Å². The zero-order valence-corrected chi connectivity index (χ0v) is 19.6. The summed E-state index contributed by atoms with van der Waals surface area (Å²) in [7, 11) is -4.93. The number of aliphatic carboxylic acids is 1. The maximum atomic E-state index is 13.0. The summed E-state index contributed by atoms with van der Waals surface area (Å²) in [5.74, 6) is -3.13. The first-order valence-electron chi connectivity index (χ1n) is 9.39. The van der Waals surface area contributed by atoms with Gasteiger partial charge in [-0.3, -0.25) is 18.8 Å². The SMILES string of the molecule is Cc1ncn(CC2C(NC(=O)/C(=N\OC(C)(C)C(=O)O)c3csc(N)n3)C(=O)N2S(=O)(=O)O)n1. The lowest BCUT2D eigenvalue weighted by atomic mass is 9.98. The molecule has 2 atom stereocenters. The summed E-state index contributed by atoms with van der Waals surface area (Å²) < 4.78 is 34.2. The zero-order valence-electron chi connectivity index (χ0n) is 17.9. The standard InChI is InChI=1S/C16H20N8O8S2/c1-7-18-6-23(21-7)4-9-11(13(26)24(9)34(29,30)31)20-12(25)10(8-5-33-15(17)19-8)22-32-16(2,3)14(27)28/h5-6,9,11H,4H2,1-3H3,(H2,17,19)(H,20,25)(H,27,28)(H,29,30,31)/b22-10-. The van der Waals surface area contributed by atoms with Crippen LogP contribution in [0.25, 0.3) is 0 Å². The molecule has 0 aliphatic carbocycles. The number of β-lactam (4-membered cyclic amide) rings is 1. The Bertz CT molecular complexity index is 1270. The van der Waals surface area contributed by atoms with Gasteiger partial charge in [0.1, 0.15) is 23.9 Å². The van der Waals surface area contributed by atoms with Crippen molar-refractivity contribution in [3.63, 3.8) is 0 Å². The number of amides is 2. The van der Waals surface area contributed by atoms with E-state index in [4.69, 9.17) is 10.6 Å². The highest BCUT2D eigenvalue weighted by Crippen LogP contribution is 2.25. The van der Waals surface area contributed by atoms with Crippen molar-refractivity contribution in [3.05, 3.63) is 23.2 Å². The molecule has 0 radical (unpaired) electrons. The molecule has 3 heterocycles. The number of hydrogen-bond donors (Lipinski definition) is 4. The Balaban J connectivity index is 1.89. The summed E-state index contributed by atoms with van der Waals surface area (Å²) >= 11 is 0.965. The number of anilines is 1. The van der Waals surface area contributed by atoms with Gasteiger partial charge in [0.2, 0.25) is 5.60 Å². The molecular formula is C16H20N8O8S2. The molecule has 1 aliphatic rings. The van der Waals surface area contributed by atoms with Gasteiger partial charge in [-0.25, -0.2) is 19.1 Å². The Morgan fingerprint density at radius 1 is 1.41 bits per heavy atom. The Labute approximate surface area is 196 Å². The van der Waals surface area contributed by atoms with Gasteiger partial charge >= 0.3 is 16.3 Å². The summed E-state index contributed by atoms with van der Waals surface area (Å²) in [6.45, 7) is 3.75. The van der Waals surface area contributed by atoms with Gasteiger partial charge in [-0.05, 0) is 20.8 Å². The van der Waals surface area contributed by atoms with E-state index in [-0.39, 0.29) is 21.7 Å². The number of carbonyl (C=O) groups is 3. The first-order chi connectivity index (χ1) is 15.7. The van der Waals surface area contributed by atoms with E-state index in [2.05, 4.69) is 25.5 Å². The number of carboxylic acid groups (broad SMARTS) is 1. The highest BCUT2D eigenvalue weighted by atomic mass is 32.2. The van der Waals surface area contributed by atoms with E-state index in [0.717, 1.165) is 11.3 Å². The summed E-state index contributed by atoms with van der Waals surface area (Å²) in [6, 6.07) is -2.65. The molecule has 2 unspecified atom stereocenters. The number of nitrogen functional groups attached to an aromatic ring is 1. The predicted octanol–water partition coefficient (Wildman–Crippen LogP) is -1.59. The van der Waals surface area contributed by atoms with Crippen LogP contribution >= 0.6 is 11.3 Å². The number of nitrogens with zero attached hydrogens (tertiary/aromatic N) is 6. The number of thiazole rings is 1. The molecule has 2 aromatic rings. The number of oxime groups is 1. The van der Waals surface area contributed by atoms with Gasteiger partial charge in [0, 0.05) is 5.38 Å². The molecule has 0 spiro atoms. The molecule has 1 saturated heterocycles. The molecule has 1 fully saturated rings. The molecule has 0 bridgehead atoms. The normalized spacial score (nSPS) is 19.0. The highest BCUT2D eigenvalue weighted by molar-refractivity contribution is 7.84. The van der Waals surface area contributed by atoms with Crippen LogP contribution < -0.4 is 11.1 Å². The van der Waals surface area contributed by atoms with E-state index in [0.29, 0.717) is 5.82 Å². The van der Waals surface area contributed by atoms with Gasteiger partial charge in [0.05, 0.1) is 12.6 Å². The summed E-state index contributed by atoms with van der Waals surface area (Å²) in [4.78, 5) is 49.6. The molecule has 0 aromatic carbocycles. The number of aryl methyl sites for hydroxylation is 1. The van der Waals surface area contributed by atoms with Crippen LogP contribution in [-0.2, 0) is 36.1 Å². The average molecular weight is 517 g/mol. The number of hydrogen-bond acceptors (Lipinski definition) is 12. The smallest absolute Gasteiger partial charge is 0.362 e. The number of carbonyl (C=O) groups excluding carboxylic acids is 2. The number of nitrogens with two attached hydrogens (primary N) is 1. The van der Waals surface area contributed by atoms with E-state index in [1.54, 1.807) is 6.92 Å². The van der Waals surface area contributed by atoms with Crippen LogP contribution in [0.5, 0.6) is 0 Å². The van der Waals surface area contributed by atoms with Crippen LogP contribution in [0.2, 0.25) is 0 Å². The van der Waals surface area contributed by atoms with E-state index >= 15 is 0 Å². The summed E-state index contributed by atoms with van der Waals surface area (Å²) in [5.41, 5.74) is 3.22. The summed E-state index contributed by atoms with van der Waals surface area (Å²) in [6.07, 6.45) is 1.28. The molecule has 5 N–H and O–H groups in total. The van der Waals surface area contributed by atoms with Crippen molar-refractivity contribution < 1.29 is 37.3 Å². The molecule has 0 saturated carbocycles. The van der Waals surface area contributed by atoms with Gasteiger partial charge < -0.3 is 21.0 Å². The minimum Gasteiger partial charge on any atom is -0.478 e. The van der Waals surface area contributed by atoms with Gasteiger partial charge in [0.25, 0.3) is 11.8 Å². The first-order valence-corrected chi connectivity index (χ1v) is 11.7. The Kier molecular flexibility index (Phi) is 6.58. The Morgan fingerprint density at radius 2 is 2.09 bits per heavy atom. The van der Waals surface area contributed by atoms with E-state index in [1.165, 1.54) is 30.2 Å². The van der Waals surface area contributed by atoms with Gasteiger partial charge in [-0.1, -0.05) is 5.16 Å². The quantitative estimate of drug-likeness (QED) is 0.128. The highest BCUT2D eigenvalue weighted by Gasteiger charge is 2.54. The monoisotopic (exact) mass is 516 g/mol. The number of carboxylic acids is 1. The van der Waals surface area contributed by atoms with Crippen molar-refractivity contribution in [2.75, 3.05) is 5.73 Å². The molecule has 2 amide bonds. The topological polar surface area (TPSA) is 232 Å². The fourth-order valence-electron chi connectivity index (χ4n) is 2.82. The number of aromatic nitrogens is 4. The number of rotatable bonds is 9. The second-order valence-corrected chi connectivity index (χ2v) is 9.74. The van der Waals surface area contributed by atoms with Crippen LogP contribution in [0.15, 0.2) is 16.9 Å². The Morgan fingerprint density at radius 3 is 2.59 bits per heavy atom. The third-order valence-corrected chi connectivity index (χ3v) is 6.21. The molecule has 34 heavy (non-hydrogen) atoms. The molecule has 16 nitrogen and oxygen atoms in total. The first kappa shape index (κ1) is 25.0. The summed E-state index contributed by atoms with van der Waals surface area (Å²) in [5, 5.41) is 20.6. The third kappa shape index (κ3) is 5.13. The van der Waals surface area contributed by atoms with Crippen LogP contribution in [0.4, 0.5) is 5.13 Å². The van der Waals surface area contributed by atoms with Gasteiger partial charge in [0.15, 0.2) is 10.8 Å².